The fourth-order valence-electron chi connectivity index (χ4n) is 3.14. The number of unbranched alkanes of at least 4 members (excludes halogenated alkanes) is 1. The summed E-state index contributed by atoms with van der Waals surface area (Å²) in [5.74, 6) is 0.437. The highest BCUT2D eigenvalue weighted by Crippen LogP contribution is 2.31. The quantitative estimate of drug-likeness (QED) is 0.787. The first kappa shape index (κ1) is 20.7. The highest BCUT2D eigenvalue weighted by Gasteiger charge is 2.32. The lowest BCUT2D eigenvalue weighted by atomic mass is 10.1. The molecule has 1 heterocycles. The Balaban J connectivity index is 2.06. The highest BCUT2D eigenvalue weighted by atomic mass is 32.2. The average Bonchev–Trinajstić information content (AvgIpc) is 2.62. The van der Waals surface area contributed by atoms with Gasteiger partial charge in [-0.3, -0.25) is 4.79 Å². The molecule has 1 aromatic rings. The van der Waals surface area contributed by atoms with E-state index in [1.165, 1.54) is 11.4 Å². The van der Waals surface area contributed by atoms with Crippen LogP contribution in [0.4, 0.5) is 0 Å². The van der Waals surface area contributed by atoms with Crippen LogP contribution in [0.2, 0.25) is 0 Å². The second kappa shape index (κ2) is 8.86. The minimum atomic E-state index is -3.61. The van der Waals surface area contributed by atoms with Gasteiger partial charge in [0.1, 0.15) is 10.6 Å². The van der Waals surface area contributed by atoms with Crippen LogP contribution in [0.1, 0.15) is 50.2 Å². The fraction of sp³-hybridized carbons (Fsp3) is 0.632. The molecule has 0 radical (unpaired) electrons. The van der Waals surface area contributed by atoms with Crippen LogP contribution in [0.3, 0.4) is 0 Å². The van der Waals surface area contributed by atoms with Crippen LogP contribution in [0.5, 0.6) is 5.75 Å². The standard InChI is InChI=1S/C19H30N2O4S/c1-5-6-7-19(22)20-16-8-10-21(11-9-16)26(23,24)18-13-15(3)14(2)12-17(18)25-4/h12-13,16H,5-11H2,1-4H3,(H,20,22). The molecular formula is C19H30N2O4S. The molecule has 0 spiro atoms. The van der Waals surface area contributed by atoms with Crippen LogP contribution >= 0.6 is 0 Å². The van der Waals surface area contributed by atoms with Gasteiger partial charge >= 0.3 is 0 Å². The Hall–Kier alpha value is -1.60. The number of rotatable bonds is 7. The highest BCUT2D eigenvalue weighted by molar-refractivity contribution is 7.89. The molecule has 7 heteroatoms. The molecule has 0 atom stereocenters. The lowest BCUT2D eigenvalue weighted by Gasteiger charge is -2.32. The molecule has 146 valence electrons. The zero-order valence-electron chi connectivity index (χ0n) is 16.2. The first-order chi connectivity index (χ1) is 12.3. The average molecular weight is 383 g/mol. The van der Waals surface area contributed by atoms with E-state index in [2.05, 4.69) is 12.2 Å². The second-order valence-electron chi connectivity index (χ2n) is 6.94. The molecule has 1 aliphatic rings. The number of nitrogens with zero attached hydrogens (tertiary/aromatic N) is 1. The summed E-state index contributed by atoms with van der Waals surface area (Å²) in [5.41, 5.74) is 1.91. The molecule has 1 aliphatic heterocycles. The zero-order chi connectivity index (χ0) is 19.3. The van der Waals surface area contributed by atoms with E-state index in [0.717, 1.165) is 24.0 Å². The number of ether oxygens (including phenoxy) is 1. The fourth-order valence-corrected chi connectivity index (χ4v) is 4.83. The van der Waals surface area contributed by atoms with Gasteiger partial charge in [-0.15, -0.1) is 0 Å². The van der Waals surface area contributed by atoms with E-state index in [1.54, 1.807) is 12.1 Å². The van der Waals surface area contributed by atoms with Gasteiger partial charge in [0.05, 0.1) is 7.11 Å². The molecule has 0 bridgehead atoms. The third kappa shape index (κ3) is 4.76. The zero-order valence-corrected chi connectivity index (χ0v) is 17.0. The number of hydrogen-bond acceptors (Lipinski definition) is 4. The second-order valence-corrected chi connectivity index (χ2v) is 8.84. The third-order valence-electron chi connectivity index (χ3n) is 4.97. The summed E-state index contributed by atoms with van der Waals surface area (Å²) in [6, 6.07) is 3.50. The van der Waals surface area contributed by atoms with Gasteiger partial charge < -0.3 is 10.1 Å². The predicted molar refractivity (Wildman–Crippen MR) is 102 cm³/mol. The number of sulfonamides is 1. The van der Waals surface area contributed by atoms with Crippen molar-refractivity contribution in [2.45, 2.75) is 63.8 Å². The van der Waals surface area contributed by atoms with Gasteiger partial charge in [0, 0.05) is 25.6 Å². The maximum atomic E-state index is 13.1. The maximum absolute atomic E-state index is 13.1. The Bertz CT molecular complexity index is 738. The number of hydrogen-bond donors (Lipinski definition) is 1. The van der Waals surface area contributed by atoms with Crippen molar-refractivity contribution in [1.29, 1.82) is 0 Å². The molecule has 26 heavy (non-hydrogen) atoms. The molecule has 0 unspecified atom stereocenters. The third-order valence-corrected chi connectivity index (χ3v) is 6.89. The van der Waals surface area contributed by atoms with Crippen molar-refractivity contribution in [2.24, 2.45) is 0 Å². The van der Waals surface area contributed by atoms with Crippen LogP contribution in [-0.2, 0) is 14.8 Å². The Morgan fingerprint density at radius 3 is 2.42 bits per heavy atom. The smallest absolute Gasteiger partial charge is 0.246 e. The van der Waals surface area contributed by atoms with E-state index in [4.69, 9.17) is 4.74 Å². The van der Waals surface area contributed by atoms with Gasteiger partial charge in [-0.05, 0) is 56.4 Å². The first-order valence-electron chi connectivity index (χ1n) is 9.24. The Kier molecular flexibility index (Phi) is 7.06. The number of carbonyl (C=O) groups is 1. The van der Waals surface area contributed by atoms with E-state index >= 15 is 0 Å². The van der Waals surface area contributed by atoms with Gasteiger partial charge in [0.25, 0.3) is 0 Å². The van der Waals surface area contributed by atoms with Crippen LogP contribution in [0.25, 0.3) is 0 Å². The number of nitrogens with one attached hydrogen (secondary N) is 1. The van der Waals surface area contributed by atoms with E-state index < -0.39 is 10.0 Å². The largest absolute Gasteiger partial charge is 0.495 e. The summed E-state index contributed by atoms with van der Waals surface area (Å²) in [7, 11) is -2.13. The van der Waals surface area contributed by atoms with Gasteiger partial charge in [0.2, 0.25) is 15.9 Å². The van der Waals surface area contributed by atoms with E-state index in [-0.39, 0.29) is 16.8 Å². The lowest BCUT2D eigenvalue weighted by molar-refractivity contribution is -0.122. The van der Waals surface area contributed by atoms with E-state index in [0.29, 0.717) is 38.1 Å². The van der Waals surface area contributed by atoms with Crippen LogP contribution in [0.15, 0.2) is 17.0 Å². The van der Waals surface area contributed by atoms with Crippen molar-refractivity contribution in [3.8, 4) is 5.75 Å². The Morgan fingerprint density at radius 1 is 1.23 bits per heavy atom. The predicted octanol–water partition coefficient (Wildman–Crippen LogP) is 2.77. The molecule has 0 aromatic heterocycles. The number of piperidine rings is 1. The van der Waals surface area contributed by atoms with Crippen molar-refractivity contribution in [3.63, 3.8) is 0 Å². The monoisotopic (exact) mass is 382 g/mol. The summed E-state index contributed by atoms with van der Waals surface area (Å²) in [4.78, 5) is 12.1. The summed E-state index contributed by atoms with van der Waals surface area (Å²) < 4.78 is 32.9. The molecular weight excluding hydrogens is 352 g/mol. The number of carbonyl (C=O) groups excluding carboxylic acids is 1. The number of amides is 1. The molecule has 1 amide bonds. The molecule has 2 rings (SSSR count). The number of methoxy groups -OCH3 is 1. The molecule has 0 aliphatic carbocycles. The molecule has 1 aromatic carbocycles. The van der Waals surface area contributed by atoms with Crippen LogP contribution < -0.4 is 10.1 Å². The summed E-state index contributed by atoms with van der Waals surface area (Å²) in [6.07, 6.45) is 3.66. The van der Waals surface area contributed by atoms with Gasteiger partial charge in [-0.25, -0.2) is 8.42 Å². The topological polar surface area (TPSA) is 75.7 Å². The summed E-state index contributed by atoms with van der Waals surface area (Å²) >= 11 is 0. The Labute approximate surface area is 157 Å². The van der Waals surface area contributed by atoms with Gasteiger partial charge in [-0.1, -0.05) is 13.3 Å². The summed E-state index contributed by atoms with van der Waals surface area (Å²) in [6.45, 7) is 6.68. The van der Waals surface area contributed by atoms with Crippen molar-refractivity contribution in [3.05, 3.63) is 23.3 Å². The molecule has 1 fully saturated rings. The SMILES string of the molecule is CCCCC(=O)NC1CCN(S(=O)(=O)c2cc(C)c(C)cc2OC)CC1. The van der Waals surface area contributed by atoms with E-state index in [9.17, 15) is 13.2 Å². The maximum Gasteiger partial charge on any atom is 0.246 e. The van der Waals surface area contributed by atoms with Crippen molar-refractivity contribution < 1.29 is 17.9 Å². The Morgan fingerprint density at radius 2 is 1.85 bits per heavy atom. The first-order valence-corrected chi connectivity index (χ1v) is 10.7. The van der Waals surface area contributed by atoms with Crippen molar-refractivity contribution >= 4 is 15.9 Å². The molecule has 0 saturated carbocycles. The van der Waals surface area contributed by atoms with Crippen molar-refractivity contribution in [2.75, 3.05) is 20.2 Å². The normalized spacial score (nSPS) is 16.5. The number of aryl methyl sites for hydroxylation is 2. The lowest BCUT2D eigenvalue weighted by Crippen LogP contribution is -2.46. The van der Waals surface area contributed by atoms with E-state index in [1.807, 2.05) is 13.8 Å². The molecule has 6 nitrogen and oxygen atoms in total. The van der Waals surface area contributed by atoms with Gasteiger partial charge in [-0.2, -0.15) is 4.31 Å². The minimum Gasteiger partial charge on any atom is -0.495 e. The van der Waals surface area contributed by atoms with Gasteiger partial charge in [0.15, 0.2) is 0 Å². The van der Waals surface area contributed by atoms with Crippen LogP contribution in [-0.4, -0.2) is 44.9 Å². The van der Waals surface area contributed by atoms with Crippen molar-refractivity contribution in [1.82, 2.24) is 9.62 Å². The number of benzene rings is 1. The minimum absolute atomic E-state index is 0.0486. The molecule has 1 saturated heterocycles. The molecule has 1 N–H and O–H groups in total. The van der Waals surface area contributed by atoms with Crippen LogP contribution in [0, 0.1) is 13.8 Å². The summed E-state index contributed by atoms with van der Waals surface area (Å²) in [5, 5.41) is 3.02.